The maximum absolute atomic E-state index is 13.0. The van der Waals surface area contributed by atoms with Gasteiger partial charge in [-0.15, -0.1) is 11.3 Å². The Labute approximate surface area is 155 Å². The zero-order valence-corrected chi connectivity index (χ0v) is 15.7. The Kier molecular flexibility index (Phi) is 4.00. The smallest absolute Gasteiger partial charge is 0.259 e. The molecule has 2 aromatic carbocycles. The van der Waals surface area contributed by atoms with Crippen molar-refractivity contribution in [2.75, 3.05) is 11.9 Å². The summed E-state index contributed by atoms with van der Waals surface area (Å²) >= 11 is 1.57. The molecule has 3 aromatic rings. The molecule has 26 heavy (non-hydrogen) atoms. The van der Waals surface area contributed by atoms with Gasteiger partial charge in [-0.05, 0) is 31.4 Å². The fourth-order valence-electron chi connectivity index (χ4n) is 3.55. The molecule has 0 bridgehead atoms. The van der Waals surface area contributed by atoms with Gasteiger partial charge in [0.1, 0.15) is 6.04 Å². The highest BCUT2D eigenvalue weighted by atomic mass is 32.1. The summed E-state index contributed by atoms with van der Waals surface area (Å²) in [5, 5.41) is 4.88. The quantitative estimate of drug-likeness (QED) is 0.710. The van der Waals surface area contributed by atoms with E-state index in [0.717, 1.165) is 27.2 Å². The Bertz CT molecular complexity index is 1020. The van der Waals surface area contributed by atoms with E-state index in [0.29, 0.717) is 12.1 Å². The minimum atomic E-state index is -0.578. The van der Waals surface area contributed by atoms with Crippen molar-refractivity contribution in [2.45, 2.75) is 26.4 Å². The lowest BCUT2D eigenvalue weighted by molar-refractivity contribution is -0.131. The molecule has 5 nitrogen and oxygen atoms in total. The van der Waals surface area contributed by atoms with E-state index < -0.39 is 6.04 Å². The number of aryl methyl sites for hydroxylation is 1. The molecule has 2 heterocycles. The van der Waals surface area contributed by atoms with Gasteiger partial charge in [0.2, 0.25) is 5.91 Å². The first kappa shape index (κ1) is 16.7. The third kappa shape index (κ3) is 2.57. The second kappa shape index (κ2) is 6.21. The summed E-state index contributed by atoms with van der Waals surface area (Å²) < 4.78 is 0. The van der Waals surface area contributed by atoms with Crippen LogP contribution in [-0.4, -0.2) is 34.8 Å². The van der Waals surface area contributed by atoms with E-state index >= 15 is 0 Å². The number of rotatable bonds is 4. The summed E-state index contributed by atoms with van der Waals surface area (Å²) in [5.41, 5.74) is 2.34. The van der Waals surface area contributed by atoms with Gasteiger partial charge in [0.05, 0.1) is 22.9 Å². The van der Waals surface area contributed by atoms with Crippen LogP contribution >= 0.6 is 11.3 Å². The second-order valence-electron chi connectivity index (χ2n) is 6.58. The highest BCUT2D eigenvalue weighted by molar-refractivity contribution is 7.09. The molecule has 1 aromatic heterocycles. The van der Waals surface area contributed by atoms with E-state index in [2.05, 4.69) is 4.98 Å². The van der Waals surface area contributed by atoms with E-state index in [4.69, 9.17) is 0 Å². The van der Waals surface area contributed by atoms with Crippen LogP contribution in [-0.2, 0) is 11.3 Å². The lowest BCUT2D eigenvalue weighted by atomic mass is 10.1. The van der Waals surface area contributed by atoms with Gasteiger partial charge in [-0.25, -0.2) is 4.98 Å². The lowest BCUT2D eigenvalue weighted by Gasteiger charge is -2.28. The highest BCUT2D eigenvalue weighted by Crippen LogP contribution is 2.38. The van der Waals surface area contributed by atoms with Crippen LogP contribution in [0.25, 0.3) is 10.8 Å². The number of aromatic nitrogens is 1. The van der Waals surface area contributed by atoms with Crippen molar-refractivity contribution in [3.63, 3.8) is 0 Å². The summed E-state index contributed by atoms with van der Waals surface area (Å²) in [6.45, 7) is 4.17. The maximum Gasteiger partial charge on any atom is 0.259 e. The normalized spacial score (nSPS) is 14.1. The SMILES string of the molecule is Cc1nc(CN(C)C(=O)[C@H](C)N2C(=O)c3cccc4cccc2c34)cs1. The van der Waals surface area contributed by atoms with Crippen LogP contribution in [0.1, 0.15) is 28.0 Å². The van der Waals surface area contributed by atoms with Gasteiger partial charge in [-0.1, -0.05) is 24.3 Å². The molecular weight excluding hydrogens is 346 g/mol. The van der Waals surface area contributed by atoms with E-state index in [1.807, 2.05) is 48.7 Å². The summed E-state index contributed by atoms with van der Waals surface area (Å²) in [4.78, 5) is 33.6. The first-order chi connectivity index (χ1) is 12.5. The predicted octanol–water partition coefficient (Wildman–Crippen LogP) is 3.61. The molecule has 0 aliphatic carbocycles. The number of benzene rings is 2. The number of amides is 2. The number of likely N-dealkylation sites (N-methyl/N-ethyl adjacent to an activating group) is 1. The topological polar surface area (TPSA) is 53.5 Å². The van der Waals surface area contributed by atoms with E-state index in [1.54, 1.807) is 35.1 Å². The Morgan fingerprint density at radius 2 is 2.00 bits per heavy atom. The third-order valence-electron chi connectivity index (χ3n) is 4.78. The minimum absolute atomic E-state index is 0.103. The number of hydrogen-bond acceptors (Lipinski definition) is 4. The molecule has 4 rings (SSSR count). The number of anilines is 1. The largest absolute Gasteiger partial charge is 0.338 e. The van der Waals surface area contributed by atoms with Crippen molar-refractivity contribution in [3.05, 3.63) is 58.0 Å². The summed E-state index contributed by atoms with van der Waals surface area (Å²) in [7, 11) is 1.75. The molecule has 2 amide bonds. The Hall–Kier alpha value is -2.73. The van der Waals surface area contributed by atoms with Gasteiger partial charge in [0.25, 0.3) is 5.91 Å². The van der Waals surface area contributed by atoms with E-state index in [9.17, 15) is 9.59 Å². The summed E-state index contributed by atoms with van der Waals surface area (Å²) in [6, 6.07) is 10.9. The molecule has 0 saturated heterocycles. The fourth-order valence-corrected chi connectivity index (χ4v) is 4.16. The third-order valence-corrected chi connectivity index (χ3v) is 5.60. The average molecular weight is 365 g/mol. The highest BCUT2D eigenvalue weighted by Gasteiger charge is 2.36. The monoisotopic (exact) mass is 365 g/mol. The Morgan fingerprint density at radius 1 is 1.27 bits per heavy atom. The maximum atomic E-state index is 13.0. The summed E-state index contributed by atoms with van der Waals surface area (Å²) in [5.74, 6) is -0.218. The van der Waals surface area contributed by atoms with Crippen molar-refractivity contribution in [2.24, 2.45) is 0 Å². The molecule has 1 aliphatic rings. The summed E-state index contributed by atoms with van der Waals surface area (Å²) in [6.07, 6.45) is 0. The van der Waals surface area contributed by atoms with E-state index in [1.165, 1.54) is 0 Å². The fraction of sp³-hybridized carbons (Fsp3) is 0.250. The van der Waals surface area contributed by atoms with Crippen LogP contribution in [0.15, 0.2) is 41.8 Å². The standard InChI is InChI=1S/C20H19N3O2S/c1-12(19(24)22(3)10-15-11-26-13(2)21-15)23-17-9-5-7-14-6-4-8-16(18(14)17)20(23)25/h4-9,11-12H,10H2,1-3H3/t12-/m0/s1. The van der Waals surface area contributed by atoms with Crippen LogP contribution < -0.4 is 4.90 Å². The van der Waals surface area contributed by atoms with Gasteiger partial charge in [0, 0.05) is 23.4 Å². The molecular formula is C20H19N3O2S. The van der Waals surface area contributed by atoms with Crippen LogP contribution in [0.4, 0.5) is 5.69 Å². The first-order valence-electron chi connectivity index (χ1n) is 8.48. The predicted molar refractivity (Wildman–Crippen MR) is 104 cm³/mol. The second-order valence-corrected chi connectivity index (χ2v) is 7.65. The minimum Gasteiger partial charge on any atom is -0.338 e. The van der Waals surface area contributed by atoms with Crippen molar-refractivity contribution < 1.29 is 9.59 Å². The molecule has 0 unspecified atom stereocenters. The lowest BCUT2D eigenvalue weighted by Crippen LogP contribution is -2.47. The molecule has 0 fully saturated rings. The Morgan fingerprint density at radius 3 is 2.69 bits per heavy atom. The molecule has 0 saturated carbocycles. The van der Waals surface area contributed by atoms with Crippen LogP contribution in [0, 0.1) is 6.92 Å². The van der Waals surface area contributed by atoms with Gasteiger partial charge >= 0.3 is 0 Å². The number of nitrogens with zero attached hydrogens (tertiary/aromatic N) is 3. The first-order valence-corrected chi connectivity index (χ1v) is 9.36. The molecule has 6 heteroatoms. The van der Waals surface area contributed by atoms with Crippen molar-refractivity contribution in [1.29, 1.82) is 0 Å². The van der Waals surface area contributed by atoms with Crippen LogP contribution in [0.3, 0.4) is 0 Å². The van der Waals surface area contributed by atoms with Gasteiger partial charge in [-0.3, -0.25) is 14.5 Å². The van der Waals surface area contributed by atoms with Crippen molar-refractivity contribution in [1.82, 2.24) is 9.88 Å². The van der Waals surface area contributed by atoms with Crippen molar-refractivity contribution >= 4 is 39.6 Å². The van der Waals surface area contributed by atoms with Gasteiger partial charge in [0.15, 0.2) is 0 Å². The van der Waals surface area contributed by atoms with Crippen LogP contribution in [0.5, 0.6) is 0 Å². The molecule has 1 aliphatic heterocycles. The van der Waals surface area contributed by atoms with Gasteiger partial charge < -0.3 is 4.90 Å². The van der Waals surface area contributed by atoms with E-state index in [-0.39, 0.29) is 11.8 Å². The molecule has 0 N–H and O–H groups in total. The number of thiazole rings is 1. The van der Waals surface area contributed by atoms with Crippen molar-refractivity contribution in [3.8, 4) is 0 Å². The zero-order chi connectivity index (χ0) is 18.4. The number of carbonyl (C=O) groups is 2. The molecule has 1 atom stereocenters. The number of hydrogen-bond donors (Lipinski definition) is 0. The molecule has 0 radical (unpaired) electrons. The zero-order valence-electron chi connectivity index (χ0n) is 14.9. The number of carbonyl (C=O) groups excluding carboxylic acids is 2. The average Bonchev–Trinajstić information content (AvgIpc) is 3.17. The molecule has 132 valence electrons. The Balaban J connectivity index is 1.62. The van der Waals surface area contributed by atoms with Crippen LogP contribution in [0.2, 0.25) is 0 Å². The van der Waals surface area contributed by atoms with Gasteiger partial charge in [-0.2, -0.15) is 0 Å². The molecule has 0 spiro atoms.